The molecule has 1 fully saturated rings. The van der Waals surface area contributed by atoms with Crippen molar-refractivity contribution >= 4 is 5.69 Å². The van der Waals surface area contributed by atoms with Crippen molar-refractivity contribution in [3.63, 3.8) is 0 Å². The van der Waals surface area contributed by atoms with E-state index in [1.807, 2.05) is 12.1 Å². The number of ether oxygens (including phenoxy) is 1. The number of rotatable bonds is 2. The maximum atomic E-state index is 8.79. The fraction of sp³-hybridized carbons (Fsp3) is 0.500. The number of hydrogen-bond donors (Lipinski definition) is 0. The summed E-state index contributed by atoms with van der Waals surface area (Å²) in [6.07, 6.45) is 4.16. The van der Waals surface area contributed by atoms with Gasteiger partial charge < -0.3 is 9.64 Å². The summed E-state index contributed by atoms with van der Waals surface area (Å²) >= 11 is 0. The molecular formula is C12H15N3O. The first-order chi connectivity index (χ1) is 7.83. The van der Waals surface area contributed by atoms with Crippen LogP contribution in [0.4, 0.5) is 5.69 Å². The SMILES string of the molecule is COC1CCN(c2ccnc(C#N)c2)CC1. The zero-order valence-corrected chi connectivity index (χ0v) is 9.39. The average molecular weight is 217 g/mol. The molecule has 2 rings (SSSR count). The van der Waals surface area contributed by atoms with E-state index in [4.69, 9.17) is 10.00 Å². The zero-order valence-electron chi connectivity index (χ0n) is 9.39. The number of hydrogen-bond acceptors (Lipinski definition) is 4. The van der Waals surface area contributed by atoms with Crippen LogP contribution in [0.5, 0.6) is 0 Å². The van der Waals surface area contributed by atoms with Gasteiger partial charge in [0.05, 0.1) is 6.10 Å². The molecule has 0 spiro atoms. The van der Waals surface area contributed by atoms with Crippen molar-refractivity contribution in [3.8, 4) is 6.07 Å². The molecule has 0 saturated carbocycles. The molecule has 4 nitrogen and oxygen atoms in total. The second-order valence-electron chi connectivity index (χ2n) is 3.93. The lowest BCUT2D eigenvalue weighted by Crippen LogP contribution is -2.36. The molecule has 4 heteroatoms. The molecular weight excluding hydrogens is 202 g/mol. The van der Waals surface area contributed by atoms with Crippen LogP contribution < -0.4 is 4.90 Å². The van der Waals surface area contributed by atoms with Crippen molar-refractivity contribution in [1.29, 1.82) is 5.26 Å². The van der Waals surface area contributed by atoms with E-state index in [0.717, 1.165) is 31.6 Å². The highest BCUT2D eigenvalue weighted by Gasteiger charge is 2.18. The lowest BCUT2D eigenvalue weighted by Gasteiger charge is -2.32. The topological polar surface area (TPSA) is 49.1 Å². The predicted octanol–water partition coefficient (Wildman–Crippen LogP) is 1.57. The highest BCUT2D eigenvalue weighted by Crippen LogP contribution is 2.20. The van der Waals surface area contributed by atoms with Crippen LogP contribution in [0, 0.1) is 11.3 Å². The summed E-state index contributed by atoms with van der Waals surface area (Å²) in [5.41, 5.74) is 1.56. The molecule has 0 N–H and O–H groups in total. The Balaban J connectivity index is 2.05. The summed E-state index contributed by atoms with van der Waals surface area (Å²) in [6, 6.07) is 5.86. The Labute approximate surface area is 95.5 Å². The average Bonchev–Trinajstić information content (AvgIpc) is 2.39. The molecule has 1 aliphatic rings. The molecule has 0 atom stereocenters. The second kappa shape index (κ2) is 4.95. The number of anilines is 1. The molecule has 0 aliphatic carbocycles. The normalized spacial score (nSPS) is 17.1. The van der Waals surface area contributed by atoms with Crippen LogP contribution in [0.1, 0.15) is 18.5 Å². The number of aromatic nitrogens is 1. The smallest absolute Gasteiger partial charge is 0.142 e. The Morgan fingerprint density at radius 2 is 2.25 bits per heavy atom. The number of pyridine rings is 1. The molecule has 1 saturated heterocycles. The molecule has 16 heavy (non-hydrogen) atoms. The summed E-state index contributed by atoms with van der Waals surface area (Å²) in [4.78, 5) is 6.25. The van der Waals surface area contributed by atoms with Crippen molar-refractivity contribution in [3.05, 3.63) is 24.0 Å². The summed E-state index contributed by atoms with van der Waals surface area (Å²) in [5, 5.41) is 8.79. The largest absolute Gasteiger partial charge is 0.381 e. The third-order valence-corrected chi connectivity index (χ3v) is 3.00. The molecule has 2 heterocycles. The minimum Gasteiger partial charge on any atom is -0.381 e. The number of nitrogens with zero attached hydrogens (tertiary/aromatic N) is 3. The molecule has 1 aromatic rings. The predicted molar refractivity (Wildman–Crippen MR) is 61.2 cm³/mol. The van der Waals surface area contributed by atoms with Gasteiger partial charge in [0, 0.05) is 32.1 Å². The van der Waals surface area contributed by atoms with Crippen LogP contribution in [0.3, 0.4) is 0 Å². The van der Waals surface area contributed by atoms with E-state index in [-0.39, 0.29) is 0 Å². The zero-order chi connectivity index (χ0) is 11.4. The number of methoxy groups -OCH3 is 1. The molecule has 0 aromatic carbocycles. The number of nitriles is 1. The van der Waals surface area contributed by atoms with Gasteiger partial charge in [-0.15, -0.1) is 0 Å². The van der Waals surface area contributed by atoms with E-state index in [2.05, 4.69) is 16.0 Å². The minimum absolute atomic E-state index is 0.383. The van der Waals surface area contributed by atoms with Crippen LogP contribution in [0.2, 0.25) is 0 Å². The Morgan fingerprint density at radius 1 is 1.50 bits per heavy atom. The van der Waals surface area contributed by atoms with Gasteiger partial charge in [0.2, 0.25) is 0 Å². The Hall–Kier alpha value is -1.60. The molecule has 0 unspecified atom stereocenters. The van der Waals surface area contributed by atoms with Crippen LogP contribution in [0.25, 0.3) is 0 Å². The summed E-state index contributed by atoms with van der Waals surface area (Å²) in [5.74, 6) is 0. The van der Waals surface area contributed by atoms with Crippen LogP contribution in [0.15, 0.2) is 18.3 Å². The molecule has 84 valence electrons. The van der Waals surface area contributed by atoms with Gasteiger partial charge in [-0.25, -0.2) is 4.98 Å². The van der Waals surface area contributed by atoms with E-state index in [1.165, 1.54) is 0 Å². The summed E-state index contributed by atoms with van der Waals surface area (Å²) < 4.78 is 5.33. The molecule has 1 aliphatic heterocycles. The highest BCUT2D eigenvalue weighted by molar-refractivity contribution is 5.49. The first kappa shape index (κ1) is 10.9. The van der Waals surface area contributed by atoms with Gasteiger partial charge in [-0.3, -0.25) is 0 Å². The van der Waals surface area contributed by atoms with E-state index in [0.29, 0.717) is 11.8 Å². The van der Waals surface area contributed by atoms with Crippen molar-refractivity contribution < 1.29 is 4.74 Å². The first-order valence-electron chi connectivity index (χ1n) is 5.47. The van der Waals surface area contributed by atoms with Gasteiger partial charge in [0.1, 0.15) is 11.8 Å². The van der Waals surface area contributed by atoms with Gasteiger partial charge in [0.25, 0.3) is 0 Å². The highest BCUT2D eigenvalue weighted by atomic mass is 16.5. The first-order valence-corrected chi connectivity index (χ1v) is 5.47. The standard InChI is InChI=1S/C12H15N3O/c1-16-12-3-6-15(7-4-12)11-2-5-14-10(8-11)9-13/h2,5,8,12H,3-4,6-7H2,1H3. The molecule has 0 amide bonds. The van der Waals surface area contributed by atoms with Crippen molar-refractivity contribution in [1.82, 2.24) is 4.98 Å². The Morgan fingerprint density at radius 3 is 2.88 bits per heavy atom. The van der Waals surface area contributed by atoms with Crippen molar-refractivity contribution in [2.75, 3.05) is 25.1 Å². The Kier molecular flexibility index (Phi) is 3.37. The monoisotopic (exact) mass is 217 g/mol. The van der Waals surface area contributed by atoms with Crippen LogP contribution >= 0.6 is 0 Å². The van der Waals surface area contributed by atoms with Crippen molar-refractivity contribution in [2.24, 2.45) is 0 Å². The van der Waals surface area contributed by atoms with Crippen LogP contribution in [-0.2, 0) is 4.74 Å². The van der Waals surface area contributed by atoms with E-state index >= 15 is 0 Å². The summed E-state index contributed by atoms with van der Waals surface area (Å²) in [7, 11) is 1.76. The lowest BCUT2D eigenvalue weighted by molar-refractivity contribution is 0.0819. The van der Waals surface area contributed by atoms with Gasteiger partial charge in [-0.1, -0.05) is 0 Å². The van der Waals surface area contributed by atoms with Gasteiger partial charge >= 0.3 is 0 Å². The third kappa shape index (κ3) is 2.31. The van der Waals surface area contributed by atoms with E-state index < -0.39 is 0 Å². The Bertz CT molecular complexity index is 391. The van der Waals surface area contributed by atoms with E-state index in [9.17, 15) is 0 Å². The lowest BCUT2D eigenvalue weighted by atomic mass is 10.1. The van der Waals surface area contributed by atoms with Gasteiger partial charge in [-0.2, -0.15) is 5.26 Å². The molecule has 1 aromatic heterocycles. The van der Waals surface area contributed by atoms with Crippen LogP contribution in [-0.4, -0.2) is 31.3 Å². The second-order valence-corrected chi connectivity index (χ2v) is 3.93. The van der Waals surface area contributed by atoms with Crippen molar-refractivity contribution in [2.45, 2.75) is 18.9 Å². The minimum atomic E-state index is 0.383. The maximum absolute atomic E-state index is 8.79. The fourth-order valence-corrected chi connectivity index (χ4v) is 2.03. The third-order valence-electron chi connectivity index (χ3n) is 3.00. The fourth-order valence-electron chi connectivity index (χ4n) is 2.03. The molecule has 0 radical (unpaired) electrons. The van der Waals surface area contributed by atoms with Gasteiger partial charge in [0.15, 0.2) is 0 Å². The van der Waals surface area contributed by atoms with Gasteiger partial charge in [-0.05, 0) is 25.0 Å². The number of piperidine rings is 1. The maximum Gasteiger partial charge on any atom is 0.142 e. The molecule has 0 bridgehead atoms. The quantitative estimate of drug-likeness (QED) is 0.754. The van der Waals surface area contributed by atoms with E-state index in [1.54, 1.807) is 13.3 Å². The summed E-state index contributed by atoms with van der Waals surface area (Å²) in [6.45, 7) is 1.96.